The van der Waals surface area contributed by atoms with E-state index < -0.39 is 15.8 Å². The molecule has 0 aromatic heterocycles. The summed E-state index contributed by atoms with van der Waals surface area (Å²) in [5, 5.41) is 4.98. The third-order valence-corrected chi connectivity index (χ3v) is 4.57. The molecular weight excluding hydrogens is 351 g/mol. The van der Waals surface area contributed by atoms with Gasteiger partial charge in [0.25, 0.3) is 0 Å². The van der Waals surface area contributed by atoms with Crippen molar-refractivity contribution in [1.29, 1.82) is 0 Å². The van der Waals surface area contributed by atoms with Crippen molar-refractivity contribution in [3.63, 3.8) is 0 Å². The van der Waals surface area contributed by atoms with Crippen LogP contribution in [-0.2, 0) is 21.4 Å². The lowest BCUT2D eigenvalue weighted by Gasteiger charge is -2.17. The van der Waals surface area contributed by atoms with Crippen LogP contribution in [0.2, 0.25) is 0 Å². The van der Waals surface area contributed by atoms with Crippen molar-refractivity contribution in [3.8, 4) is 0 Å². The lowest BCUT2D eigenvalue weighted by atomic mass is 10.1. The van der Waals surface area contributed by atoms with Crippen LogP contribution >= 0.6 is 15.9 Å². The van der Waals surface area contributed by atoms with E-state index in [0.717, 1.165) is 0 Å². The number of amides is 1. The van der Waals surface area contributed by atoms with Crippen LogP contribution in [0.3, 0.4) is 0 Å². The molecule has 20 heavy (non-hydrogen) atoms. The average molecular weight is 365 g/mol. The van der Waals surface area contributed by atoms with Crippen molar-refractivity contribution in [2.75, 3.05) is 12.3 Å². The van der Waals surface area contributed by atoms with Gasteiger partial charge in [0, 0.05) is 35.5 Å². The SMILES string of the molecule is NS(=O)(=O)CC1CC(=O)N(Cc2ccc(Br)cc2F)C1. The van der Waals surface area contributed by atoms with E-state index in [1.54, 1.807) is 12.1 Å². The Morgan fingerprint density at radius 2 is 2.15 bits per heavy atom. The van der Waals surface area contributed by atoms with Gasteiger partial charge in [-0.25, -0.2) is 17.9 Å². The van der Waals surface area contributed by atoms with Crippen LogP contribution < -0.4 is 5.14 Å². The van der Waals surface area contributed by atoms with Gasteiger partial charge in [-0.15, -0.1) is 0 Å². The molecule has 1 unspecified atom stereocenters. The van der Waals surface area contributed by atoms with Gasteiger partial charge >= 0.3 is 0 Å². The molecule has 1 fully saturated rings. The third kappa shape index (κ3) is 4.00. The Bertz CT molecular complexity index is 636. The van der Waals surface area contributed by atoms with Crippen LogP contribution in [0, 0.1) is 11.7 Å². The number of likely N-dealkylation sites (tertiary alicyclic amines) is 1. The number of halogens is 2. The highest BCUT2D eigenvalue weighted by Crippen LogP contribution is 2.23. The van der Waals surface area contributed by atoms with Gasteiger partial charge in [-0.05, 0) is 12.1 Å². The summed E-state index contributed by atoms with van der Waals surface area (Å²) in [7, 11) is -3.60. The highest BCUT2D eigenvalue weighted by atomic mass is 79.9. The molecule has 1 aromatic rings. The van der Waals surface area contributed by atoms with Gasteiger partial charge in [-0.2, -0.15) is 0 Å². The molecule has 1 saturated heterocycles. The van der Waals surface area contributed by atoms with E-state index >= 15 is 0 Å². The molecule has 1 atom stereocenters. The lowest BCUT2D eigenvalue weighted by molar-refractivity contribution is -0.128. The monoisotopic (exact) mass is 364 g/mol. The Hall–Kier alpha value is -0.990. The molecule has 2 rings (SSSR count). The van der Waals surface area contributed by atoms with Crippen molar-refractivity contribution in [2.45, 2.75) is 13.0 Å². The van der Waals surface area contributed by atoms with Gasteiger partial charge in [0.2, 0.25) is 15.9 Å². The van der Waals surface area contributed by atoms with Crippen molar-refractivity contribution in [3.05, 3.63) is 34.1 Å². The summed E-state index contributed by atoms with van der Waals surface area (Å²) < 4.78 is 36.4. The Balaban J connectivity index is 2.05. The fourth-order valence-electron chi connectivity index (χ4n) is 2.30. The standard InChI is InChI=1S/C12H14BrFN2O3S/c13-10-2-1-9(11(14)4-10)6-16-5-8(3-12(16)17)7-20(15,18)19/h1-2,4,8H,3,5-7H2,(H2,15,18,19). The molecule has 1 aliphatic heterocycles. The van der Waals surface area contributed by atoms with E-state index in [1.165, 1.54) is 11.0 Å². The first-order valence-corrected chi connectivity index (χ1v) is 8.47. The number of nitrogens with zero attached hydrogens (tertiary/aromatic N) is 1. The Morgan fingerprint density at radius 3 is 2.75 bits per heavy atom. The minimum absolute atomic E-state index is 0.134. The van der Waals surface area contributed by atoms with Crippen LogP contribution in [0.25, 0.3) is 0 Å². The molecule has 5 nitrogen and oxygen atoms in total. The molecule has 1 amide bonds. The van der Waals surface area contributed by atoms with E-state index in [9.17, 15) is 17.6 Å². The zero-order chi connectivity index (χ0) is 14.9. The smallest absolute Gasteiger partial charge is 0.223 e. The minimum Gasteiger partial charge on any atom is -0.338 e. The molecule has 8 heteroatoms. The quantitative estimate of drug-likeness (QED) is 0.872. The second-order valence-corrected chi connectivity index (χ2v) is 7.48. The summed E-state index contributed by atoms with van der Waals surface area (Å²) in [5.41, 5.74) is 0.401. The number of carbonyl (C=O) groups excluding carboxylic acids is 1. The van der Waals surface area contributed by atoms with Crippen molar-refractivity contribution >= 4 is 31.9 Å². The normalized spacial score (nSPS) is 19.6. The number of sulfonamides is 1. The maximum absolute atomic E-state index is 13.7. The van der Waals surface area contributed by atoms with Gasteiger partial charge in [0.1, 0.15) is 5.82 Å². The third-order valence-electron chi connectivity index (χ3n) is 3.14. The molecule has 2 N–H and O–H groups in total. The molecule has 0 radical (unpaired) electrons. The number of carbonyl (C=O) groups is 1. The van der Waals surface area contributed by atoms with Gasteiger partial charge in [-0.3, -0.25) is 4.79 Å². The summed E-state index contributed by atoms with van der Waals surface area (Å²) in [6, 6.07) is 4.62. The number of hydrogen-bond acceptors (Lipinski definition) is 3. The largest absolute Gasteiger partial charge is 0.338 e. The molecule has 1 aliphatic rings. The zero-order valence-corrected chi connectivity index (χ0v) is 13.0. The minimum atomic E-state index is -3.60. The van der Waals surface area contributed by atoms with E-state index in [-0.39, 0.29) is 37.1 Å². The van der Waals surface area contributed by atoms with Crippen LogP contribution in [0.15, 0.2) is 22.7 Å². The van der Waals surface area contributed by atoms with Crippen LogP contribution in [0.5, 0.6) is 0 Å². The number of rotatable bonds is 4. The summed E-state index contributed by atoms with van der Waals surface area (Å²) in [5.74, 6) is -1.13. The van der Waals surface area contributed by atoms with Crippen molar-refractivity contribution in [1.82, 2.24) is 4.90 Å². The van der Waals surface area contributed by atoms with Gasteiger partial charge in [0.15, 0.2) is 0 Å². The summed E-state index contributed by atoms with van der Waals surface area (Å²) >= 11 is 3.16. The molecule has 0 spiro atoms. The molecular formula is C12H14BrFN2O3S. The molecule has 0 saturated carbocycles. The number of nitrogens with two attached hydrogens (primary N) is 1. The first-order valence-electron chi connectivity index (χ1n) is 5.97. The van der Waals surface area contributed by atoms with Crippen LogP contribution in [0.1, 0.15) is 12.0 Å². The lowest BCUT2D eigenvalue weighted by Crippen LogP contribution is -2.27. The predicted octanol–water partition coefficient (Wildman–Crippen LogP) is 1.23. The van der Waals surface area contributed by atoms with Gasteiger partial charge in [0.05, 0.1) is 5.75 Å². The molecule has 0 bridgehead atoms. The predicted molar refractivity (Wildman–Crippen MR) is 75.6 cm³/mol. The topological polar surface area (TPSA) is 80.5 Å². The zero-order valence-electron chi connectivity index (χ0n) is 10.6. The van der Waals surface area contributed by atoms with E-state index in [4.69, 9.17) is 5.14 Å². The maximum Gasteiger partial charge on any atom is 0.223 e. The second-order valence-electron chi connectivity index (χ2n) is 4.91. The molecule has 0 aliphatic carbocycles. The maximum atomic E-state index is 13.7. The van der Waals surface area contributed by atoms with Crippen LogP contribution in [-0.4, -0.2) is 31.5 Å². The Morgan fingerprint density at radius 1 is 1.45 bits per heavy atom. The van der Waals surface area contributed by atoms with E-state index in [1.807, 2.05) is 0 Å². The average Bonchev–Trinajstić information content (AvgIpc) is 2.60. The molecule has 1 aromatic carbocycles. The summed E-state index contributed by atoms with van der Waals surface area (Å²) in [6.07, 6.45) is 0.134. The summed E-state index contributed by atoms with van der Waals surface area (Å²) in [4.78, 5) is 13.3. The van der Waals surface area contributed by atoms with Crippen molar-refractivity contribution < 1.29 is 17.6 Å². The van der Waals surface area contributed by atoms with E-state index in [2.05, 4.69) is 15.9 Å². The first kappa shape index (κ1) is 15.4. The van der Waals surface area contributed by atoms with Crippen molar-refractivity contribution in [2.24, 2.45) is 11.1 Å². The van der Waals surface area contributed by atoms with Crippen LogP contribution in [0.4, 0.5) is 4.39 Å². The first-order chi connectivity index (χ1) is 9.24. The Kier molecular flexibility index (Phi) is 4.46. The van der Waals surface area contributed by atoms with E-state index in [0.29, 0.717) is 10.0 Å². The number of hydrogen-bond donors (Lipinski definition) is 1. The Labute approximate surface area is 125 Å². The molecule has 110 valence electrons. The fourth-order valence-corrected chi connectivity index (χ4v) is 3.52. The second kappa shape index (κ2) is 5.79. The highest BCUT2D eigenvalue weighted by Gasteiger charge is 2.32. The number of benzene rings is 1. The van der Waals surface area contributed by atoms with Gasteiger partial charge < -0.3 is 4.90 Å². The molecule has 1 heterocycles. The summed E-state index contributed by atoms with van der Waals surface area (Å²) in [6.45, 7) is 0.420. The highest BCUT2D eigenvalue weighted by molar-refractivity contribution is 9.10. The van der Waals surface area contributed by atoms with Gasteiger partial charge in [-0.1, -0.05) is 22.0 Å². The fraction of sp³-hybridized carbons (Fsp3) is 0.417. The number of primary sulfonamides is 1.